The van der Waals surface area contributed by atoms with Crippen molar-refractivity contribution in [2.45, 2.75) is 32.0 Å². The number of hydrogen-bond donors (Lipinski definition) is 1. The molecule has 1 fully saturated rings. The van der Waals surface area contributed by atoms with Crippen molar-refractivity contribution in [2.75, 3.05) is 40.5 Å². The van der Waals surface area contributed by atoms with Crippen LogP contribution in [-0.2, 0) is 22.6 Å². The van der Waals surface area contributed by atoms with Gasteiger partial charge < -0.3 is 19.5 Å². The highest BCUT2D eigenvalue weighted by atomic mass is 32.1. The Morgan fingerprint density at radius 2 is 2.21 bits per heavy atom. The predicted molar refractivity (Wildman–Crippen MR) is 112 cm³/mol. The fraction of sp³-hybridized carbons (Fsp3) is 0.524. The Balaban J connectivity index is 1.43. The van der Waals surface area contributed by atoms with Crippen LogP contribution in [0, 0.1) is 0 Å². The van der Waals surface area contributed by atoms with Crippen LogP contribution in [0.3, 0.4) is 0 Å². The average molecular weight is 420 g/mol. The van der Waals surface area contributed by atoms with Crippen molar-refractivity contribution < 1.29 is 19.0 Å². The van der Waals surface area contributed by atoms with E-state index in [4.69, 9.17) is 14.2 Å². The van der Waals surface area contributed by atoms with Crippen molar-refractivity contribution in [3.63, 3.8) is 0 Å². The van der Waals surface area contributed by atoms with E-state index in [1.165, 1.54) is 11.3 Å². The second kappa shape index (κ2) is 11.3. The molecule has 2 heterocycles. The molecule has 0 aliphatic carbocycles. The summed E-state index contributed by atoms with van der Waals surface area (Å²) in [7, 11) is 3.75. The lowest BCUT2D eigenvalue weighted by Gasteiger charge is -2.31. The van der Waals surface area contributed by atoms with E-state index in [1.54, 1.807) is 12.5 Å². The van der Waals surface area contributed by atoms with Gasteiger partial charge in [0.25, 0.3) is 5.91 Å². The van der Waals surface area contributed by atoms with Gasteiger partial charge in [0.2, 0.25) is 0 Å². The average Bonchev–Trinajstić information content (AvgIpc) is 3.22. The van der Waals surface area contributed by atoms with Crippen LogP contribution < -0.4 is 10.1 Å². The number of methoxy groups -OCH3 is 1. The zero-order chi connectivity index (χ0) is 20.5. The molecule has 158 valence electrons. The molecule has 0 radical (unpaired) electrons. The number of carbonyl (C=O) groups excluding carboxylic acids is 1. The second-order valence-corrected chi connectivity index (χ2v) is 8.00. The third-order valence-electron chi connectivity index (χ3n) is 4.93. The molecular formula is C21H29N3O4S. The molecule has 1 aliphatic rings. The Bertz CT molecular complexity index is 777. The predicted octanol–water partition coefficient (Wildman–Crippen LogP) is 2.71. The number of aromatic nitrogens is 1. The summed E-state index contributed by atoms with van der Waals surface area (Å²) >= 11 is 1.42. The number of carbonyl (C=O) groups is 1. The van der Waals surface area contributed by atoms with Crippen molar-refractivity contribution in [3.05, 3.63) is 45.9 Å². The largest absolute Gasteiger partial charge is 0.492 e. The first-order valence-electron chi connectivity index (χ1n) is 9.87. The molecule has 0 atom stereocenters. The third kappa shape index (κ3) is 6.78. The van der Waals surface area contributed by atoms with Crippen molar-refractivity contribution in [1.82, 2.24) is 15.2 Å². The smallest absolute Gasteiger partial charge is 0.271 e. The molecular weight excluding hydrogens is 390 g/mol. The van der Waals surface area contributed by atoms with Crippen LogP contribution in [0.1, 0.15) is 33.9 Å². The maximum Gasteiger partial charge on any atom is 0.271 e. The normalized spacial score (nSPS) is 14.9. The minimum absolute atomic E-state index is 0.187. The molecule has 1 saturated heterocycles. The van der Waals surface area contributed by atoms with E-state index >= 15 is 0 Å². The SMILES string of the molecule is COCc1nc(C(=O)NCc2cccc(OCCN(C)C3CCOCC3)c2)cs1. The number of nitrogens with zero attached hydrogens (tertiary/aromatic N) is 2. The van der Waals surface area contributed by atoms with Crippen molar-refractivity contribution in [3.8, 4) is 5.75 Å². The van der Waals surface area contributed by atoms with Crippen LogP contribution in [-0.4, -0.2) is 62.4 Å². The van der Waals surface area contributed by atoms with E-state index in [9.17, 15) is 4.79 Å². The minimum atomic E-state index is -0.187. The van der Waals surface area contributed by atoms with Crippen molar-refractivity contribution >= 4 is 17.2 Å². The van der Waals surface area contributed by atoms with E-state index in [0.717, 1.165) is 48.9 Å². The molecule has 1 N–H and O–H groups in total. The van der Waals surface area contributed by atoms with Crippen LogP contribution in [0.5, 0.6) is 5.75 Å². The Hall–Kier alpha value is -2.00. The van der Waals surface area contributed by atoms with Gasteiger partial charge in [0.05, 0.1) is 6.61 Å². The number of ether oxygens (including phenoxy) is 3. The molecule has 2 aromatic rings. The number of likely N-dealkylation sites (N-methyl/N-ethyl adjacent to an activating group) is 1. The Kier molecular flexibility index (Phi) is 8.42. The topological polar surface area (TPSA) is 72.9 Å². The first-order chi connectivity index (χ1) is 14.2. The number of amides is 1. The van der Waals surface area contributed by atoms with Crippen LogP contribution in [0.15, 0.2) is 29.6 Å². The molecule has 1 aromatic carbocycles. The van der Waals surface area contributed by atoms with Gasteiger partial charge in [-0.05, 0) is 37.6 Å². The van der Waals surface area contributed by atoms with Gasteiger partial charge in [0, 0.05) is 44.8 Å². The summed E-state index contributed by atoms with van der Waals surface area (Å²) < 4.78 is 16.4. The van der Waals surface area contributed by atoms with Gasteiger partial charge in [-0.25, -0.2) is 4.98 Å². The standard InChI is InChI=1S/C21H29N3O4S/c1-24(17-6-9-27-10-7-17)8-11-28-18-5-3-4-16(12-18)13-22-21(25)19-15-29-20(23-19)14-26-2/h3-5,12,15,17H,6-11,13-14H2,1-2H3,(H,22,25). The Labute approximate surface area is 176 Å². The molecule has 1 aromatic heterocycles. The molecule has 29 heavy (non-hydrogen) atoms. The Morgan fingerprint density at radius 1 is 1.38 bits per heavy atom. The lowest BCUT2D eigenvalue weighted by molar-refractivity contribution is 0.0392. The lowest BCUT2D eigenvalue weighted by atomic mass is 10.1. The molecule has 1 aliphatic heterocycles. The maximum absolute atomic E-state index is 12.3. The quantitative estimate of drug-likeness (QED) is 0.638. The van der Waals surface area contributed by atoms with Crippen molar-refractivity contribution in [1.29, 1.82) is 0 Å². The molecule has 0 saturated carbocycles. The summed E-state index contributed by atoms with van der Waals surface area (Å²) in [4.78, 5) is 18.9. The molecule has 0 spiro atoms. The first-order valence-corrected chi connectivity index (χ1v) is 10.7. The van der Waals surface area contributed by atoms with Gasteiger partial charge in [-0.15, -0.1) is 11.3 Å². The fourth-order valence-electron chi connectivity index (χ4n) is 3.24. The van der Waals surface area contributed by atoms with Crippen LogP contribution in [0.25, 0.3) is 0 Å². The third-order valence-corrected chi connectivity index (χ3v) is 5.75. The summed E-state index contributed by atoms with van der Waals surface area (Å²) in [6.45, 7) is 4.04. The van der Waals surface area contributed by atoms with Gasteiger partial charge in [-0.3, -0.25) is 9.69 Å². The van der Waals surface area contributed by atoms with E-state index < -0.39 is 0 Å². The lowest BCUT2D eigenvalue weighted by Crippen LogP contribution is -2.38. The molecule has 0 unspecified atom stereocenters. The van der Waals surface area contributed by atoms with Gasteiger partial charge in [-0.1, -0.05) is 12.1 Å². The summed E-state index contributed by atoms with van der Waals surface area (Å²) in [6.07, 6.45) is 2.16. The van der Waals surface area contributed by atoms with Crippen molar-refractivity contribution in [2.24, 2.45) is 0 Å². The highest BCUT2D eigenvalue weighted by Crippen LogP contribution is 2.16. The van der Waals surface area contributed by atoms with Crippen LogP contribution in [0.2, 0.25) is 0 Å². The molecule has 8 heteroatoms. The summed E-state index contributed by atoms with van der Waals surface area (Å²) in [5, 5.41) is 5.44. The van der Waals surface area contributed by atoms with E-state index in [1.807, 2.05) is 24.3 Å². The second-order valence-electron chi connectivity index (χ2n) is 7.06. The van der Waals surface area contributed by atoms with Gasteiger partial charge in [0.15, 0.2) is 0 Å². The monoisotopic (exact) mass is 419 g/mol. The zero-order valence-corrected chi connectivity index (χ0v) is 17.9. The van der Waals surface area contributed by atoms with E-state index in [2.05, 4.69) is 22.2 Å². The molecule has 1 amide bonds. The van der Waals surface area contributed by atoms with Crippen LogP contribution in [0.4, 0.5) is 0 Å². The number of rotatable bonds is 10. The van der Waals surface area contributed by atoms with Gasteiger partial charge >= 0.3 is 0 Å². The number of hydrogen-bond acceptors (Lipinski definition) is 7. The van der Waals surface area contributed by atoms with Gasteiger partial charge in [0.1, 0.15) is 23.1 Å². The Morgan fingerprint density at radius 3 is 3.00 bits per heavy atom. The summed E-state index contributed by atoms with van der Waals surface area (Å²) in [5.74, 6) is 0.626. The molecule has 3 rings (SSSR count). The number of thiazole rings is 1. The van der Waals surface area contributed by atoms with Gasteiger partial charge in [-0.2, -0.15) is 0 Å². The summed E-state index contributed by atoms with van der Waals surface area (Å²) in [5.41, 5.74) is 1.41. The van der Waals surface area contributed by atoms with E-state index in [0.29, 0.717) is 31.5 Å². The number of nitrogens with one attached hydrogen (secondary N) is 1. The van der Waals surface area contributed by atoms with Crippen LogP contribution >= 0.6 is 11.3 Å². The molecule has 0 bridgehead atoms. The molecule has 7 nitrogen and oxygen atoms in total. The number of benzene rings is 1. The fourth-order valence-corrected chi connectivity index (χ4v) is 3.98. The maximum atomic E-state index is 12.3. The first kappa shape index (κ1) is 21.7. The highest BCUT2D eigenvalue weighted by molar-refractivity contribution is 7.09. The zero-order valence-electron chi connectivity index (χ0n) is 17.1. The highest BCUT2D eigenvalue weighted by Gasteiger charge is 2.18. The minimum Gasteiger partial charge on any atom is -0.492 e. The van der Waals surface area contributed by atoms with E-state index in [-0.39, 0.29) is 5.91 Å². The summed E-state index contributed by atoms with van der Waals surface area (Å²) in [6, 6.07) is 8.39.